The van der Waals surface area contributed by atoms with Gasteiger partial charge in [-0.15, -0.1) is 0 Å². The molecule has 2 aromatic rings. The maximum atomic E-state index is 12.9. The van der Waals surface area contributed by atoms with E-state index in [9.17, 15) is 9.59 Å². The number of rotatable bonds is 3. The molecule has 0 spiro atoms. The van der Waals surface area contributed by atoms with Crippen molar-refractivity contribution in [2.45, 2.75) is 25.9 Å². The van der Waals surface area contributed by atoms with Gasteiger partial charge in [0.2, 0.25) is 11.9 Å². The number of benzene rings is 2. The quantitative estimate of drug-likeness (QED) is 0.622. The van der Waals surface area contributed by atoms with Crippen LogP contribution < -0.4 is 5.32 Å². The van der Waals surface area contributed by atoms with Crippen molar-refractivity contribution in [3.8, 4) is 0 Å². The van der Waals surface area contributed by atoms with Crippen LogP contribution in [0.1, 0.15) is 29.7 Å². The van der Waals surface area contributed by atoms with E-state index >= 15 is 0 Å². The van der Waals surface area contributed by atoms with Crippen molar-refractivity contribution >= 4 is 29.4 Å². The molecule has 0 aromatic heterocycles. The summed E-state index contributed by atoms with van der Waals surface area (Å²) >= 11 is 6.15. The number of carbonyl (C=O) groups excluding carboxylic acids is 2. The predicted octanol–water partition coefficient (Wildman–Crippen LogP) is 3.10. The second-order valence-corrected chi connectivity index (χ2v) is 7.55. The van der Waals surface area contributed by atoms with E-state index in [0.29, 0.717) is 23.1 Å². The molecule has 6 nitrogen and oxygen atoms in total. The molecule has 0 radical (unpaired) electrons. The number of fused-ring (bicyclic) bond motifs is 1. The molecular formula is C22H22ClN3O3. The average Bonchev–Trinajstić information content (AvgIpc) is 2.73. The summed E-state index contributed by atoms with van der Waals surface area (Å²) in [4.78, 5) is 32.3. The van der Waals surface area contributed by atoms with Gasteiger partial charge in [-0.2, -0.15) is 0 Å². The Bertz CT molecular complexity index is 975. The number of amides is 1. The minimum Gasteiger partial charge on any atom is -0.465 e. The Morgan fingerprint density at radius 3 is 2.79 bits per heavy atom. The van der Waals surface area contributed by atoms with E-state index in [2.05, 4.69) is 17.4 Å². The van der Waals surface area contributed by atoms with E-state index < -0.39 is 23.8 Å². The first kappa shape index (κ1) is 19.5. The zero-order valence-corrected chi connectivity index (χ0v) is 16.9. The number of nitrogens with zero attached hydrogens (tertiary/aromatic N) is 2. The highest BCUT2D eigenvalue weighted by Gasteiger charge is 2.42. The third kappa shape index (κ3) is 3.98. The molecule has 2 heterocycles. The summed E-state index contributed by atoms with van der Waals surface area (Å²) in [5.41, 5.74) is 3.23. The number of aliphatic imine (C=N–C) groups is 1. The van der Waals surface area contributed by atoms with Crippen LogP contribution in [0.25, 0.3) is 0 Å². The van der Waals surface area contributed by atoms with Gasteiger partial charge in [0.1, 0.15) is 6.04 Å². The zero-order chi connectivity index (χ0) is 20.4. The van der Waals surface area contributed by atoms with Gasteiger partial charge in [-0.1, -0.05) is 48.0 Å². The highest BCUT2D eigenvalue weighted by atomic mass is 35.5. The van der Waals surface area contributed by atoms with Gasteiger partial charge in [-0.05, 0) is 42.2 Å². The first-order chi connectivity index (χ1) is 14.1. The Morgan fingerprint density at radius 2 is 2.03 bits per heavy atom. The highest BCUT2D eigenvalue weighted by Crippen LogP contribution is 2.32. The molecule has 2 atom stereocenters. The van der Waals surface area contributed by atoms with Gasteiger partial charge < -0.3 is 9.64 Å². The fraction of sp³-hybridized carbons (Fsp3) is 0.318. The van der Waals surface area contributed by atoms with Gasteiger partial charge in [0.15, 0.2) is 5.92 Å². The summed E-state index contributed by atoms with van der Waals surface area (Å²) in [6.07, 6.45) is 0.869. The van der Waals surface area contributed by atoms with Crippen LogP contribution in [0.3, 0.4) is 0 Å². The summed E-state index contributed by atoms with van der Waals surface area (Å²) in [6, 6.07) is 14.7. The Balaban J connectivity index is 1.69. The first-order valence-corrected chi connectivity index (χ1v) is 10.1. The number of esters is 1. The third-order valence-corrected chi connectivity index (χ3v) is 5.49. The standard InChI is InChI=1S/C22H22ClN3O3/c1-2-29-21(28)18-19(15-8-5-9-17(23)12-15)24-22(25-20(18)27)26-11-10-14-6-3-4-7-16(14)13-26/h3-9,12,18-19H,2,10-11,13H2,1H3,(H,24,25,27)/t18-,19-/m0/s1. The summed E-state index contributed by atoms with van der Waals surface area (Å²) in [6.45, 7) is 3.31. The lowest BCUT2D eigenvalue weighted by atomic mass is 9.91. The van der Waals surface area contributed by atoms with Crippen LogP contribution in [0.5, 0.6) is 0 Å². The molecule has 1 N–H and O–H groups in total. The molecule has 0 saturated carbocycles. The number of nitrogens with one attached hydrogen (secondary N) is 1. The van der Waals surface area contributed by atoms with Crippen molar-refractivity contribution in [1.82, 2.24) is 10.2 Å². The largest absolute Gasteiger partial charge is 0.465 e. The molecular weight excluding hydrogens is 390 g/mol. The van der Waals surface area contributed by atoms with Crippen LogP contribution in [0, 0.1) is 5.92 Å². The van der Waals surface area contributed by atoms with E-state index in [1.165, 1.54) is 11.1 Å². The minimum atomic E-state index is -1.05. The van der Waals surface area contributed by atoms with Gasteiger partial charge in [0.05, 0.1) is 6.61 Å². The number of guanidine groups is 1. The lowest BCUT2D eigenvalue weighted by Crippen LogP contribution is -2.53. The van der Waals surface area contributed by atoms with Crippen LogP contribution >= 0.6 is 11.6 Å². The zero-order valence-electron chi connectivity index (χ0n) is 16.1. The summed E-state index contributed by atoms with van der Waals surface area (Å²) in [7, 11) is 0. The van der Waals surface area contributed by atoms with Gasteiger partial charge in [0, 0.05) is 18.1 Å². The van der Waals surface area contributed by atoms with Crippen molar-refractivity contribution in [1.29, 1.82) is 0 Å². The molecule has 2 aliphatic heterocycles. The van der Waals surface area contributed by atoms with E-state index in [1.807, 2.05) is 23.1 Å². The van der Waals surface area contributed by atoms with Crippen molar-refractivity contribution < 1.29 is 14.3 Å². The number of carbonyl (C=O) groups is 2. The third-order valence-electron chi connectivity index (χ3n) is 5.26. The monoisotopic (exact) mass is 411 g/mol. The number of hydrogen-bond donors (Lipinski definition) is 1. The molecule has 0 bridgehead atoms. The predicted molar refractivity (Wildman–Crippen MR) is 110 cm³/mol. The molecule has 0 fully saturated rings. The van der Waals surface area contributed by atoms with E-state index in [4.69, 9.17) is 21.3 Å². The van der Waals surface area contributed by atoms with Gasteiger partial charge >= 0.3 is 5.97 Å². The first-order valence-electron chi connectivity index (χ1n) is 9.69. The molecule has 7 heteroatoms. The van der Waals surface area contributed by atoms with Crippen LogP contribution in [-0.2, 0) is 27.3 Å². The average molecular weight is 412 g/mol. The minimum absolute atomic E-state index is 0.199. The fourth-order valence-corrected chi connectivity index (χ4v) is 4.03. The van der Waals surface area contributed by atoms with Crippen molar-refractivity contribution in [3.05, 3.63) is 70.2 Å². The molecule has 2 aromatic carbocycles. The van der Waals surface area contributed by atoms with E-state index in [-0.39, 0.29) is 6.61 Å². The molecule has 150 valence electrons. The van der Waals surface area contributed by atoms with Crippen molar-refractivity contribution in [2.75, 3.05) is 13.2 Å². The number of ether oxygens (including phenoxy) is 1. The van der Waals surface area contributed by atoms with Crippen LogP contribution in [0.4, 0.5) is 0 Å². The fourth-order valence-electron chi connectivity index (χ4n) is 3.83. The lowest BCUT2D eigenvalue weighted by molar-refractivity contribution is -0.153. The maximum Gasteiger partial charge on any atom is 0.321 e. The molecule has 1 amide bonds. The smallest absolute Gasteiger partial charge is 0.321 e. The lowest BCUT2D eigenvalue weighted by Gasteiger charge is -2.36. The van der Waals surface area contributed by atoms with Crippen LogP contribution in [0.15, 0.2) is 53.5 Å². The van der Waals surface area contributed by atoms with Crippen molar-refractivity contribution in [3.63, 3.8) is 0 Å². The van der Waals surface area contributed by atoms with Crippen LogP contribution in [-0.4, -0.2) is 35.9 Å². The Kier molecular flexibility index (Phi) is 5.53. The van der Waals surface area contributed by atoms with Gasteiger partial charge in [-0.25, -0.2) is 4.99 Å². The Morgan fingerprint density at radius 1 is 1.24 bits per heavy atom. The number of hydrogen-bond acceptors (Lipinski definition) is 5. The van der Waals surface area contributed by atoms with Crippen molar-refractivity contribution in [2.24, 2.45) is 10.9 Å². The molecule has 0 saturated heterocycles. The maximum absolute atomic E-state index is 12.9. The SMILES string of the molecule is CCOC(=O)[C@@H]1C(=O)NC(N2CCc3ccccc3C2)=N[C@H]1c1cccc(Cl)c1. The van der Waals surface area contributed by atoms with Crippen LogP contribution in [0.2, 0.25) is 5.02 Å². The second kappa shape index (κ2) is 8.25. The number of halogens is 1. The van der Waals surface area contributed by atoms with Gasteiger partial charge in [0.25, 0.3) is 0 Å². The summed E-state index contributed by atoms with van der Waals surface area (Å²) in [5.74, 6) is -1.55. The Labute approximate surface area is 174 Å². The highest BCUT2D eigenvalue weighted by molar-refractivity contribution is 6.30. The topological polar surface area (TPSA) is 71.0 Å². The molecule has 4 rings (SSSR count). The summed E-state index contributed by atoms with van der Waals surface area (Å²) in [5, 5.41) is 3.35. The normalized spacial score (nSPS) is 21.1. The van der Waals surface area contributed by atoms with Gasteiger partial charge in [-0.3, -0.25) is 14.9 Å². The van der Waals surface area contributed by atoms with E-state index in [1.54, 1.807) is 25.1 Å². The Hall–Kier alpha value is -2.86. The summed E-state index contributed by atoms with van der Waals surface area (Å²) < 4.78 is 5.15. The molecule has 0 unspecified atom stereocenters. The van der Waals surface area contributed by atoms with E-state index in [0.717, 1.165) is 13.0 Å². The second-order valence-electron chi connectivity index (χ2n) is 7.11. The molecule has 0 aliphatic carbocycles. The molecule has 29 heavy (non-hydrogen) atoms. The molecule has 2 aliphatic rings.